The smallest absolute Gasteiger partial charge is 0.341 e. The van der Waals surface area contributed by atoms with Gasteiger partial charge in [0, 0.05) is 37.9 Å². The van der Waals surface area contributed by atoms with E-state index >= 15 is 0 Å². The number of hydrogen-bond acceptors (Lipinski definition) is 4. The van der Waals surface area contributed by atoms with Crippen molar-refractivity contribution >= 4 is 58.3 Å². The molecule has 0 aliphatic carbocycles. The molecule has 36 heavy (non-hydrogen) atoms. The van der Waals surface area contributed by atoms with Crippen LogP contribution in [0.4, 0.5) is 10.5 Å². The van der Waals surface area contributed by atoms with Crippen LogP contribution in [0, 0.1) is 5.92 Å². The third-order valence-electron chi connectivity index (χ3n) is 6.37. The van der Waals surface area contributed by atoms with Crippen molar-refractivity contribution in [3.05, 3.63) is 28.8 Å². The van der Waals surface area contributed by atoms with Crippen LogP contribution < -0.4 is 10.2 Å². The van der Waals surface area contributed by atoms with Gasteiger partial charge in [0.2, 0.25) is 11.9 Å². The third kappa shape index (κ3) is 7.56. The number of thioether (sulfide) groups is 1. The summed E-state index contributed by atoms with van der Waals surface area (Å²) >= 11 is 7.50. The Balaban J connectivity index is 1.53. The van der Waals surface area contributed by atoms with Gasteiger partial charge in [-0.3, -0.25) is 14.7 Å². The predicted molar refractivity (Wildman–Crippen MR) is 152 cm³/mol. The quantitative estimate of drug-likeness (QED) is 0.367. The number of anilines is 1. The summed E-state index contributed by atoms with van der Waals surface area (Å²) in [6.45, 7) is 8.64. The van der Waals surface area contributed by atoms with Crippen molar-refractivity contribution in [3.8, 4) is 0 Å². The average molecular weight is 533 g/mol. The van der Waals surface area contributed by atoms with Gasteiger partial charge in [-0.2, -0.15) is 4.99 Å². The van der Waals surface area contributed by atoms with Crippen molar-refractivity contribution in [1.82, 2.24) is 10.2 Å². The lowest BCUT2D eigenvalue weighted by Gasteiger charge is -2.32. The number of benzene rings is 1. The molecule has 0 saturated carbocycles. The number of rotatable bonds is 7. The first-order valence-electron chi connectivity index (χ1n) is 12.7. The van der Waals surface area contributed by atoms with Gasteiger partial charge < -0.3 is 10.2 Å². The molecule has 2 aliphatic rings. The maximum absolute atomic E-state index is 12.7. The molecule has 2 saturated heterocycles. The summed E-state index contributed by atoms with van der Waals surface area (Å²) in [4.78, 5) is 42.1. The highest BCUT2D eigenvalue weighted by molar-refractivity contribution is 8.15. The molecule has 0 bridgehead atoms. The van der Waals surface area contributed by atoms with Crippen LogP contribution in [0.5, 0.6) is 0 Å². The van der Waals surface area contributed by atoms with Crippen molar-refractivity contribution in [2.45, 2.75) is 58.8 Å². The number of piperidine rings is 1. The molecule has 10 heteroatoms. The van der Waals surface area contributed by atoms with Crippen LogP contribution in [-0.4, -0.2) is 66.6 Å². The zero-order chi connectivity index (χ0) is 26.1. The van der Waals surface area contributed by atoms with E-state index in [4.69, 9.17) is 11.6 Å². The number of aliphatic imine (C=N–C) groups is 3. The Morgan fingerprint density at radius 3 is 2.72 bits per heavy atom. The standard InChI is InChI=1S/C26H37ClN6O2S/c1-5-6-12-29-24(28-4)32-14-10-19(11-15-32)9-13-30-25(35)31-26-33(23(34)17-36-26)22-16-20(27)7-8-21(22)18(2)3/h7-8,12,16,18-19H,5-6,9-11,13-15,17H2,1-4H3,(H,30,35). The first-order chi connectivity index (χ1) is 17.3. The number of hydrogen-bond donors (Lipinski definition) is 1. The predicted octanol–water partition coefficient (Wildman–Crippen LogP) is 5.57. The molecule has 196 valence electrons. The fraction of sp³-hybridized carbons (Fsp3) is 0.577. The zero-order valence-electron chi connectivity index (χ0n) is 21.7. The van der Waals surface area contributed by atoms with Crippen LogP contribution in [0.15, 0.2) is 33.2 Å². The number of likely N-dealkylation sites (tertiary alicyclic amines) is 1. The van der Waals surface area contributed by atoms with Gasteiger partial charge in [0.25, 0.3) is 0 Å². The van der Waals surface area contributed by atoms with E-state index in [2.05, 4.69) is 46.0 Å². The highest BCUT2D eigenvalue weighted by Crippen LogP contribution is 2.35. The third-order valence-corrected chi connectivity index (χ3v) is 7.53. The SMILES string of the molecule is CCCC=NC(=NC)N1CCC(CCNC(=O)N=C2SCC(=O)N2c2cc(Cl)ccc2C(C)C)CC1. The molecule has 1 aromatic rings. The number of carbonyl (C=O) groups is 2. The van der Waals surface area contributed by atoms with Crippen LogP contribution in [0.3, 0.4) is 0 Å². The van der Waals surface area contributed by atoms with E-state index < -0.39 is 6.03 Å². The second-order valence-corrected chi connectivity index (χ2v) is 10.7. The van der Waals surface area contributed by atoms with E-state index in [1.165, 1.54) is 16.7 Å². The highest BCUT2D eigenvalue weighted by Gasteiger charge is 2.32. The second kappa shape index (κ2) is 13.8. The van der Waals surface area contributed by atoms with Gasteiger partial charge in [0.05, 0.1) is 11.4 Å². The summed E-state index contributed by atoms with van der Waals surface area (Å²) in [7, 11) is 1.79. The summed E-state index contributed by atoms with van der Waals surface area (Å²) in [6, 6.07) is 5.09. The Bertz CT molecular complexity index is 1020. The van der Waals surface area contributed by atoms with Crippen LogP contribution in [0.1, 0.15) is 64.4 Å². The summed E-state index contributed by atoms with van der Waals surface area (Å²) in [5, 5.41) is 3.84. The molecule has 2 heterocycles. The fourth-order valence-corrected chi connectivity index (χ4v) is 5.39. The molecule has 3 rings (SSSR count). The molecule has 8 nitrogen and oxygen atoms in total. The average Bonchev–Trinajstić information content (AvgIpc) is 3.21. The van der Waals surface area contributed by atoms with Crippen LogP contribution >= 0.6 is 23.4 Å². The maximum Gasteiger partial charge on any atom is 0.343 e. The maximum atomic E-state index is 12.7. The Hall–Kier alpha value is -2.39. The number of amides is 3. The Morgan fingerprint density at radius 2 is 2.06 bits per heavy atom. The summed E-state index contributed by atoms with van der Waals surface area (Å²) in [5.41, 5.74) is 1.68. The molecule has 2 aliphatic heterocycles. The van der Waals surface area contributed by atoms with E-state index in [0.717, 1.165) is 56.7 Å². The Labute approximate surface area is 223 Å². The number of urea groups is 1. The second-order valence-electron chi connectivity index (χ2n) is 9.35. The van der Waals surface area contributed by atoms with Crippen molar-refractivity contribution in [2.24, 2.45) is 20.9 Å². The van der Waals surface area contributed by atoms with E-state index in [1.54, 1.807) is 13.1 Å². The van der Waals surface area contributed by atoms with Gasteiger partial charge in [-0.1, -0.05) is 56.6 Å². The largest absolute Gasteiger partial charge is 0.343 e. The number of guanidine groups is 1. The van der Waals surface area contributed by atoms with E-state index in [0.29, 0.717) is 28.3 Å². The minimum absolute atomic E-state index is 0.100. The molecule has 3 amide bonds. The van der Waals surface area contributed by atoms with Crippen LogP contribution in [0.25, 0.3) is 0 Å². The van der Waals surface area contributed by atoms with E-state index in [9.17, 15) is 9.59 Å². The number of amidine groups is 1. The molecule has 0 unspecified atom stereocenters. The van der Waals surface area contributed by atoms with Crippen molar-refractivity contribution in [3.63, 3.8) is 0 Å². The van der Waals surface area contributed by atoms with Crippen molar-refractivity contribution in [2.75, 3.05) is 37.3 Å². The lowest BCUT2D eigenvalue weighted by molar-refractivity contribution is -0.115. The lowest BCUT2D eigenvalue weighted by Crippen LogP contribution is -2.38. The Kier molecular flexibility index (Phi) is 10.8. The molecule has 0 spiro atoms. The van der Waals surface area contributed by atoms with E-state index in [1.807, 2.05) is 18.3 Å². The number of nitrogens with one attached hydrogen (secondary N) is 1. The van der Waals surface area contributed by atoms with Gasteiger partial charge in [0.1, 0.15) is 0 Å². The molecule has 0 atom stereocenters. The lowest BCUT2D eigenvalue weighted by atomic mass is 9.94. The molecule has 1 aromatic carbocycles. The van der Waals surface area contributed by atoms with Gasteiger partial charge in [-0.25, -0.2) is 9.79 Å². The Morgan fingerprint density at radius 1 is 1.31 bits per heavy atom. The van der Waals surface area contributed by atoms with Gasteiger partial charge in [-0.15, -0.1) is 0 Å². The minimum atomic E-state index is -0.423. The first kappa shape index (κ1) is 28.2. The normalized spacial score (nSPS) is 18.8. The molecule has 0 aromatic heterocycles. The molecular weight excluding hydrogens is 496 g/mol. The summed E-state index contributed by atoms with van der Waals surface area (Å²) < 4.78 is 0. The number of halogens is 1. The van der Waals surface area contributed by atoms with Gasteiger partial charge in [-0.05, 0) is 55.2 Å². The van der Waals surface area contributed by atoms with Crippen molar-refractivity contribution < 1.29 is 9.59 Å². The minimum Gasteiger partial charge on any atom is -0.341 e. The zero-order valence-corrected chi connectivity index (χ0v) is 23.2. The molecule has 0 radical (unpaired) electrons. The first-order valence-corrected chi connectivity index (χ1v) is 14.1. The number of carbonyl (C=O) groups excluding carboxylic acids is 2. The molecular formula is C26H37ClN6O2S. The monoisotopic (exact) mass is 532 g/mol. The highest BCUT2D eigenvalue weighted by atomic mass is 35.5. The van der Waals surface area contributed by atoms with Crippen LogP contribution in [0.2, 0.25) is 5.02 Å². The van der Waals surface area contributed by atoms with Crippen molar-refractivity contribution in [1.29, 1.82) is 0 Å². The van der Waals surface area contributed by atoms with E-state index in [-0.39, 0.29) is 17.6 Å². The van der Waals surface area contributed by atoms with Crippen LogP contribution in [-0.2, 0) is 4.79 Å². The summed E-state index contributed by atoms with van der Waals surface area (Å²) in [5.74, 6) is 1.68. The number of unbranched alkanes of at least 4 members (excludes halogenated alkanes) is 1. The molecule has 1 N–H and O–H groups in total. The van der Waals surface area contributed by atoms with Gasteiger partial charge >= 0.3 is 6.03 Å². The van der Waals surface area contributed by atoms with Gasteiger partial charge in [0.15, 0.2) is 5.17 Å². The number of nitrogens with zero attached hydrogens (tertiary/aromatic N) is 5. The molecule has 2 fully saturated rings. The summed E-state index contributed by atoms with van der Waals surface area (Å²) in [6.07, 6.45) is 6.95. The topological polar surface area (TPSA) is 89.7 Å². The fourth-order valence-electron chi connectivity index (χ4n) is 4.37.